The van der Waals surface area contributed by atoms with E-state index in [-0.39, 0.29) is 11.1 Å². The third-order valence-corrected chi connectivity index (χ3v) is 5.08. The summed E-state index contributed by atoms with van der Waals surface area (Å²) in [7, 11) is 0. The third-order valence-electron chi connectivity index (χ3n) is 3.50. The molecule has 0 radical (unpaired) electrons. The van der Waals surface area contributed by atoms with E-state index in [1.54, 1.807) is 22.7 Å². The van der Waals surface area contributed by atoms with Crippen LogP contribution in [0, 0.1) is 11.6 Å². The molecule has 0 spiro atoms. The molecule has 23 heavy (non-hydrogen) atoms. The van der Waals surface area contributed by atoms with Crippen LogP contribution in [0.3, 0.4) is 0 Å². The highest BCUT2D eigenvalue weighted by atomic mass is 35.5. The van der Waals surface area contributed by atoms with Gasteiger partial charge in [0.15, 0.2) is 0 Å². The Hall–Kier alpha value is -1.79. The van der Waals surface area contributed by atoms with Crippen LogP contribution >= 0.6 is 23.4 Å². The monoisotopic (exact) mass is 354 g/mol. The van der Waals surface area contributed by atoms with Crippen molar-refractivity contribution in [3.05, 3.63) is 64.7 Å². The molecule has 2 aromatic rings. The molecule has 1 saturated heterocycles. The molecule has 1 aliphatic heterocycles. The summed E-state index contributed by atoms with van der Waals surface area (Å²) < 4.78 is 26.6. The number of carbonyl (C=O) groups excluding carboxylic acids is 1. The SMILES string of the molecule is O=C(Nc1ccc(F)cc1F)N1CCSC1c1ccccc1Cl. The van der Waals surface area contributed by atoms with Crippen LogP contribution in [0.4, 0.5) is 19.3 Å². The van der Waals surface area contributed by atoms with Gasteiger partial charge >= 0.3 is 6.03 Å². The Balaban J connectivity index is 1.80. The van der Waals surface area contributed by atoms with Crippen LogP contribution in [0.25, 0.3) is 0 Å². The lowest BCUT2D eigenvalue weighted by Crippen LogP contribution is -2.34. The fourth-order valence-corrected chi connectivity index (χ4v) is 3.98. The van der Waals surface area contributed by atoms with Crippen molar-refractivity contribution in [2.45, 2.75) is 5.37 Å². The number of hydrogen-bond acceptors (Lipinski definition) is 2. The Morgan fingerprint density at radius 2 is 2.04 bits per heavy atom. The van der Waals surface area contributed by atoms with Crippen molar-refractivity contribution < 1.29 is 13.6 Å². The molecular formula is C16H13ClF2N2OS. The standard InChI is InChI=1S/C16H13ClF2N2OS/c17-12-4-2-1-3-11(12)15-21(7-8-23-15)16(22)20-14-6-5-10(18)9-13(14)19/h1-6,9,15H,7-8H2,(H,20,22). The predicted molar refractivity (Wildman–Crippen MR) is 88.7 cm³/mol. The summed E-state index contributed by atoms with van der Waals surface area (Å²) in [6.07, 6.45) is 0. The van der Waals surface area contributed by atoms with Gasteiger partial charge in [0.05, 0.1) is 5.69 Å². The summed E-state index contributed by atoms with van der Waals surface area (Å²) in [6.45, 7) is 0.523. The van der Waals surface area contributed by atoms with Crippen molar-refractivity contribution in [3.63, 3.8) is 0 Å². The van der Waals surface area contributed by atoms with E-state index in [4.69, 9.17) is 11.6 Å². The van der Waals surface area contributed by atoms with Crippen LogP contribution in [0.1, 0.15) is 10.9 Å². The van der Waals surface area contributed by atoms with Crippen molar-refractivity contribution in [1.29, 1.82) is 0 Å². The van der Waals surface area contributed by atoms with E-state index in [0.717, 1.165) is 23.4 Å². The van der Waals surface area contributed by atoms with Gasteiger partial charge in [-0.1, -0.05) is 29.8 Å². The molecule has 1 N–H and O–H groups in total. The number of nitrogens with one attached hydrogen (secondary N) is 1. The molecule has 3 nitrogen and oxygen atoms in total. The average molecular weight is 355 g/mol. The lowest BCUT2D eigenvalue weighted by atomic mass is 10.2. The minimum atomic E-state index is -0.806. The summed E-state index contributed by atoms with van der Waals surface area (Å²) >= 11 is 7.79. The molecule has 0 aliphatic carbocycles. The lowest BCUT2D eigenvalue weighted by Gasteiger charge is -2.25. The van der Waals surface area contributed by atoms with Crippen LogP contribution in [-0.2, 0) is 0 Å². The van der Waals surface area contributed by atoms with Crippen LogP contribution in [-0.4, -0.2) is 23.2 Å². The van der Waals surface area contributed by atoms with Crippen molar-refractivity contribution in [2.75, 3.05) is 17.6 Å². The van der Waals surface area contributed by atoms with E-state index in [0.29, 0.717) is 11.6 Å². The molecule has 2 amide bonds. The van der Waals surface area contributed by atoms with E-state index < -0.39 is 17.7 Å². The summed E-state index contributed by atoms with van der Waals surface area (Å²) in [5.41, 5.74) is 0.789. The van der Waals surface area contributed by atoms with Gasteiger partial charge in [0, 0.05) is 29.0 Å². The van der Waals surface area contributed by atoms with Gasteiger partial charge in [-0.2, -0.15) is 0 Å². The van der Waals surface area contributed by atoms with Gasteiger partial charge in [0.25, 0.3) is 0 Å². The van der Waals surface area contributed by atoms with E-state index in [2.05, 4.69) is 5.32 Å². The van der Waals surface area contributed by atoms with Gasteiger partial charge in [-0.15, -0.1) is 11.8 Å². The number of hydrogen-bond donors (Lipinski definition) is 1. The number of anilines is 1. The van der Waals surface area contributed by atoms with Crippen LogP contribution < -0.4 is 5.32 Å². The second-order valence-corrected chi connectivity index (χ2v) is 6.59. The zero-order chi connectivity index (χ0) is 16.4. The highest BCUT2D eigenvalue weighted by Crippen LogP contribution is 2.41. The molecule has 3 rings (SSSR count). The van der Waals surface area contributed by atoms with Gasteiger partial charge < -0.3 is 10.2 Å². The number of nitrogens with zero attached hydrogens (tertiary/aromatic N) is 1. The minimum Gasteiger partial charge on any atom is -0.308 e. The topological polar surface area (TPSA) is 32.3 Å². The molecule has 1 heterocycles. The van der Waals surface area contributed by atoms with Crippen molar-refractivity contribution in [3.8, 4) is 0 Å². The van der Waals surface area contributed by atoms with Gasteiger partial charge in [0.2, 0.25) is 0 Å². The third kappa shape index (κ3) is 3.43. The van der Waals surface area contributed by atoms with Gasteiger partial charge in [-0.3, -0.25) is 0 Å². The Labute approximate surface area is 141 Å². The quantitative estimate of drug-likeness (QED) is 0.832. The Kier molecular flexibility index (Phi) is 4.73. The van der Waals surface area contributed by atoms with Crippen molar-refractivity contribution in [1.82, 2.24) is 4.90 Å². The van der Waals surface area contributed by atoms with Crippen LogP contribution in [0.15, 0.2) is 42.5 Å². The van der Waals surface area contributed by atoms with Gasteiger partial charge in [-0.05, 0) is 18.2 Å². The zero-order valence-electron chi connectivity index (χ0n) is 11.9. The predicted octanol–water partition coefficient (Wildman–Crippen LogP) is 4.90. The normalized spacial score (nSPS) is 17.3. The lowest BCUT2D eigenvalue weighted by molar-refractivity contribution is 0.214. The second kappa shape index (κ2) is 6.76. The first kappa shape index (κ1) is 16.1. The molecule has 0 bridgehead atoms. The number of thioether (sulfide) groups is 1. The molecule has 1 atom stereocenters. The molecule has 1 fully saturated rings. The summed E-state index contributed by atoms with van der Waals surface area (Å²) in [6, 6.07) is 9.92. The minimum absolute atomic E-state index is 0.0498. The number of halogens is 3. The summed E-state index contributed by atoms with van der Waals surface area (Å²) in [4.78, 5) is 14.0. The molecule has 1 aliphatic rings. The maximum Gasteiger partial charge on any atom is 0.323 e. The number of carbonyl (C=O) groups is 1. The Morgan fingerprint density at radius 1 is 1.26 bits per heavy atom. The first-order valence-corrected chi connectivity index (χ1v) is 8.37. The zero-order valence-corrected chi connectivity index (χ0v) is 13.5. The molecule has 120 valence electrons. The smallest absolute Gasteiger partial charge is 0.308 e. The summed E-state index contributed by atoms with van der Waals surface area (Å²) in [5, 5.41) is 2.84. The van der Waals surface area contributed by atoms with Crippen LogP contribution in [0.2, 0.25) is 5.02 Å². The van der Waals surface area contributed by atoms with E-state index in [1.165, 1.54) is 6.07 Å². The Morgan fingerprint density at radius 3 is 2.78 bits per heavy atom. The van der Waals surface area contributed by atoms with E-state index in [1.807, 2.05) is 18.2 Å². The van der Waals surface area contributed by atoms with Crippen molar-refractivity contribution in [2.24, 2.45) is 0 Å². The van der Waals surface area contributed by atoms with Gasteiger partial charge in [-0.25, -0.2) is 13.6 Å². The number of rotatable bonds is 2. The number of urea groups is 1. The maximum atomic E-state index is 13.7. The van der Waals surface area contributed by atoms with Crippen LogP contribution in [0.5, 0.6) is 0 Å². The van der Waals surface area contributed by atoms with E-state index >= 15 is 0 Å². The average Bonchev–Trinajstić information content (AvgIpc) is 3.00. The highest BCUT2D eigenvalue weighted by Gasteiger charge is 2.32. The molecule has 0 aromatic heterocycles. The molecular weight excluding hydrogens is 342 g/mol. The van der Waals surface area contributed by atoms with Gasteiger partial charge in [0.1, 0.15) is 17.0 Å². The first-order chi connectivity index (χ1) is 11.1. The largest absolute Gasteiger partial charge is 0.323 e. The first-order valence-electron chi connectivity index (χ1n) is 6.95. The second-order valence-electron chi connectivity index (χ2n) is 4.99. The Bertz CT molecular complexity index is 744. The fraction of sp³-hybridized carbons (Fsp3) is 0.188. The maximum absolute atomic E-state index is 13.7. The number of amides is 2. The fourth-order valence-electron chi connectivity index (χ4n) is 2.39. The molecule has 1 unspecified atom stereocenters. The number of benzene rings is 2. The van der Waals surface area contributed by atoms with Crippen molar-refractivity contribution >= 4 is 35.1 Å². The highest BCUT2D eigenvalue weighted by molar-refractivity contribution is 7.99. The molecule has 7 heteroatoms. The molecule has 0 saturated carbocycles. The summed E-state index contributed by atoms with van der Waals surface area (Å²) in [5.74, 6) is -0.736. The van der Waals surface area contributed by atoms with E-state index in [9.17, 15) is 13.6 Å². The molecule has 2 aromatic carbocycles.